The van der Waals surface area contributed by atoms with Crippen molar-refractivity contribution in [2.24, 2.45) is 11.8 Å². The van der Waals surface area contributed by atoms with E-state index in [0.717, 1.165) is 38.0 Å². The number of hydrogen-bond acceptors (Lipinski definition) is 3. The summed E-state index contributed by atoms with van der Waals surface area (Å²) >= 11 is 0. The molecule has 0 radical (unpaired) electrons. The van der Waals surface area contributed by atoms with Gasteiger partial charge in [0.25, 0.3) is 0 Å². The molecule has 3 rings (SSSR count). The number of likely N-dealkylation sites (tertiary alicyclic amines) is 2. The Morgan fingerprint density at radius 3 is 2.62 bits per heavy atom. The molecule has 0 aliphatic carbocycles. The van der Waals surface area contributed by atoms with E-state index in [1.54, 1.807) is 0 Å². The van der Waals surface area contributed by atoms with Crippen molar-refractivity contribution in [2.75, 3.05) is 39.3 Å². The second kappa shape index (κ2) is 7.10. The van der Waals surface area contributed by atoms with Crippen LogP contribution >= 0.6 is 0 Å². The van der Waals surface area contributed by atoms with Crippen LogP contribution in [-0.2, 0) is 4.79 Å². The largest absolute Gasteiger partial charge is 0.342 e. The third-order valence-corrected chi connectivity index (χ3v) is 5.70. The van der Waals surface area contributed by atoms with Gasteiger partial charge >= 0.3 is 0 Å². The number of amides is 1. The fraction of sp³-hybridized carbons (Fsp3) is 0.941. The summed E-state index contributed by atoms with van der Waals surface area (Å²) in [6, 6.07) is 0.707. The van der Waals surface area contributed by atoms with Gasteiger partial charge in [-0.1, -0.05) is 6.92 Å². The standard InChI is InChI=1S/C17H31N3O/c1-14-6-10-20(11-7-14)17(21)13-19-9-3-4-15(12-19)16-5-2-8-18-16/h14-16,18H,2-13H2,1H3. The molecule has 1 amide bonds. The van der Waals surface area contributed by atoms with E-state index < -0.39 is 0 Å². The van der Waals surface area contributed by atoms with Crippen molar-refractivity contribution in [2.45, 2.75) is 51.5 Å². The number of rotatable bonds is 3. The molecule has 3 saturated heterocycles. The summed E-state index contributed by atoms with van der Waals surface area (Å²) in [6.07, 6.45) is 7.61. The van der Waals surface area contributed by atoms with Crippen molar-refractivity contribution in [1.82, 2.24) is 15.1 Å². The second-order valence-electron chi connectivity index (χ2n) is 7.40. The van der Waals surface area contributed by atoms with Crippen molar-refractivity contribution in [1.29, 1.82) is 0 Å². The molecule has 3 heterocycles. The maximum atomic E-state index is 12.5. The molecule has 2 atom stereocenters. The Hall–Kier alpha value is -0.610. The summed E-state index contributed by atoms with van der Waals surface area (Å²) in [6.45, 7) is 8.31. The molecule has 0 aromatic heterocycles. The summed E-state index contributed by atoms with van der Waals surface area (Å²) in [5.74, 6) is 1.92. The number of nitrogens with one attached hydrogen (secondary N) is 1. The van der Waals surface area contributed by atoms with Gasteiger partial charge in [0, 0.05) is 25.7 Å². The zero-order valence-electron chi connectivity index (χ0n) is 13.5. The molecule has 1 N–H and O–H groups in total. The number of piperidine rings is 2. The second-order valence-corrected chi connectivity index (χ2v) is 7.40. The number of hydrogen-bond donors (Lipinski definition) is 1. The lowest BCUT2D eigenvalue weighted by Crippen LogP contribution is -2.48. The molecule has 3 fully saturated rings. The van der Waals surface area contributed by atoms with Gasteiger partial charge in [0.2, 0.25) is 5.91 Å². The lowest BCUT2D eigenvalue weighted by molar-refractivity contribution is -0.134. The zero-order valence-corrected chi connectivity index (χ0v) is 13.5. The Labute approximate surface area is 129 Å². The van der Waals surface area contributed by atoms with Gasteiger partial charge < -0.3 is 10.2 Å². The Bertz CT molecular complexity index is 346. The van der Waals surface area contributed by atoms with E-state index in [2.05, 4.69) is 22.0 Å². The quantitative estimate of drug-likeness (QED) is 0.860. The third kappa shape index (κ3) is 3.98. The van der Waals surface area contributed by atoms with Gasteiger partial charge in [-0.15, -0.1) is 0 Å². The Kier molecular flexibility index (Phi) is 5.17. The van der Waals surface area contributed by atoms with E-state index in [-0.39, 0.29) is 0 Å². The van der Waals surface area contributed by atoms with E-state index in [9.17, 15) is 4.79 Å². The first-order valence-corrected chi connectivity index (χ1v) is 8.96. The van der Waals surface area contributed by atoms with E-state index in [1.807, 2.05) is 0 Å². The Balaban J connectivity index is 1.46. The molecular weight excluding hydrogens is 262 g/mol. The number of carbonyl (C=O) groups excluding carboxylic acids is 1. The topological polar surface area (TPSA) is 35.6 Å². The summed E-state index contributed by atoms with van der Waals surface area (Å²) < 4.78 is 0. The molecule has 4 nitrogen and oxygen atoms in total. The van der Waals surface area contributed by atoms with Gasteiger partial charge in [-0.05, 0) is 63.5 Å². The van der Waals surface area contributed by atoms with Crippen LogP contribution in [0, 0.1) is 11.8 Å². The number of nitrogens with zero attached hydrogens (tertiary/aromatic N) is 2. The van der Waals surface area contributed by atoms with Crippen LogP contribution in [0.3, 0.4) is 0 Å². The molecule has 0 spiro atoms. The minimum absolute atomic E-state index is 0.363. The zero-order chi connectivity index (χ0) is 14.7. The summed E-state index contributed by atoms with van der Waals surface area (Å²) in [5.41, 5.74) is 0. The minimum atomic E-state index is 0.363. The lowest BCUT2D eigenvalue weighted by atomic mass is 9.90. The molecule has 2 unspecified atom stereocenters. The highest BCUT2D eigenvalue weighted by Gasteiger charge is 2.30. The highest BCUT2D eigenvalue weighted by Crippen LogP contribution is 2.25. The fourth-order valence-electron chi connectivity index (χ4n) is 4.23. The highest BCUT2D eigenvalue weighted by molar-refractivity contribution is 5.78. The highest BCUT2D eigenvalue weighted by atomic mass is 16.2. The maximum absolute atomic E-state index is 12.5. The first-order chi connectivity index (χ1) is 10.2. The SMILES string of the molecule is CC1CCN(C(=O)CN2CCCC(C3CCCN3)C2)CC1. The van der Waals surface area contributed by atoms with Gasteiger partial charge in [0.05, 0.1) is 6.54 Å². The van der Waals surface area contributed by atoms with Crippen LogP contribution in [0.2, 0.25) is 0 Å². The normalized spacial score (nSPS) is 32.5. The monoisotopic (exact) mass is 293 g/mol. The summed E-state index contributed by atoms with van der Waals surface area (Å²) in [7, 11) is 0. The van der Waals surface area contributed by atoms with Crippen LogP contribution in [0.5, 0.6) is 0 Å². The minimum Gasteiger partial charge on any atom is -0.342 e. The average molecular weight is 293 g/mol. The smallest absolute Gasteiger partial charge is 0.236 e. The molecule has 120 valence electrons. The van der Waals surface area contributed by atoms with Crippen molar-refractivity contribution < 1.29 is 4.79 Å². The Morgan fingerprint density at radius 2 is 1.90 bits per heavy atom. The molecule has 0 aromatic carbocycles. The van der Waals surface area contributed by atoms with Crippen LogP contribution in [0.15, 0.2) is 0 Å². The van der Waals surface area contributed by atoms with E-state index in [4.69, 9.17) is 0 Å². The van der Waals surface area contributed by atoms with Crippen molar-refractivity contribution in [3.05, 3.63) is 0 Å². The molecule has 4 heteroatoms. The predicted molar refractivity (Wildman–Crippen MR) is 85.2 cm³/mol. The molecule has 0 bridgehead atoms. The predicted octanol–water partition coefficient (Wildman–Crippen LogP) is 1.71. The van der Waals surface area contributed by atoms with E-state index >= 15 is 0 Å². The maximum Gasteiger partial charge on any atom is 0.236 e. The molecular formula is C17H31N3O. The molecule has 0 saturated carbocycles. The number of carbonyl (C=O) groups is 1. The molecule has 21 heavy (non-hydrogen) atoms. The summed E-state index contributed by atoms with van der Waals surface area (Å²) in [5, 5.41) is 3.65. The lowest BCUT2D eigenvalue weighted by Gasteiger charge is -2.37. The van der Waals surface area contributed by atoms with Crippen LogP contribution in [-0.4, -0.2) is 61.0 Å². The third-order valence-electron chi connectivity index (χ3n) is 5.70. The Morgan fingerprint density at radius 1 is 1.10 bits per heavy atom. The van der Waals surface area contributed by atoms with Gasteiger partial charge in [-0.25, -0.2) is 0 Å². The van der Waals surface area contributed by atoms with Gasteiger partial charge in [0.15, 0.2) is 0 Å². The first kappa shape index (κ1) is 15.3. The molecule has 3 aliphatic rings. The van der Waals surface area contributed by atoms with Gasteiger partial charge in [-0.2, -0.15) is 0 Å². The van der Waals surface area contributed by atoms with Crippen molar-refractivity contribution in [3.63, 3.8) is 0 Å². The first-order valence-electron chi connectivity index (χ1n) is 8.96. The van der Waals surface area contributed by atoms with E-state index in [0.29, 0.717) is 18.5 Å². The van der Waals surface area contributed by atoms with Crippen molar-refractivity contribution >= 4 is 5.91 Å². The molecule has 0 aromatic rings. The van der Waals surface area contributed by atoms with Crippen LogP contribution in [0.1, 0.15) is 45.4 Å². The molecule has 3 aliphatic heterocycles. The average Bonchev–Trinajstić information content (AvgIpc) is 3.02. The van der Waals surface area contributed by atoms with Crippen molar-refractivity contribution in [3.8, 4) is 0 Å². The summed E-state index contributed by atoms with van der Waals surface area (Å²) in [4.78, 5) is 17.0. The van der Waals surface area contributed by atoms with Crippen LogP contribution in [0.4, 0.5) is 0 Å². The van der Waals surface area contributed by atoms with E-state index in [1.165, 1.54) is 45.1 Å². The van der Waals surface area contributed by atoms with Gasteiger partial charge in [0.1, 0.15) is 0 Å². The fourth-order valence-corrected chi connectivity index (χ4v) is 4.23. The van der Waals surface area contributed by atoms with Gasteiger partial charge in [-0.3, -0.25) is 9.69 Å². The van der Waals surface area contributed by atoms with Crippen LogP contribution < -0.4 is 5.32 Å². The van der Waals surface area contributed by atoms with Crippen LogP contribution in [0.25, 0.3) is 0 Å².